The van der Waals surface area contributed by atoms with Gasteiger partial charge in [0.1, 0.15) is 13.1 Å². The lowest BCUT2D eigenvalue weighted by molar-refractivity contribution is -0.915. The van der Waals surface area contributed by atoms with Crippen LogP contribution in [0, 0.1) is 0 Å². The number of quaternary nitrogens is 1. The van der Waals surface area contributed by atoms with Gasteiger partial charge in [0.15, 0.2) is 0 Å². The Bertz CT molecular complexity index is 584. The first-order valence-electron chi connectivity index (χ1n) is 8.88. The van der Waals surface area contributed by atoms with Crippen molar-refractivity contribution >= 4 is 17.3 Å². The molecule has 2 aliphatic heterocycles. The number of hydrogen-bond acceptors (Lipinski definition) is 4. The smallest absolute Gasteiger partial charge is 0.240 e. The largest absolute Gasteiger partial charge is 0.399 e. The molecule has 1 aromatic rings. The summed E-state index contributed by atoms with van der Waals surface area (Å²) >= 11 is 0. The number of fused-ring (bicyclic) bond motifs is 1. The van der Waals surface area contributed by atoms with Gasteiger partial charge in [-0.25, -0.2) is 0 Å². The molecule has 2 heterocycles. The van der Waals surface area contributed by atoms with Crippen molar-refractivity contribution in [2.24, 2.45) is 0 Å². The number of likely N-dealkylation sites (N-methyl/N-ethyl adjacent to an activating group) is 1. The number of aryl methyl sites for hydroxylation is 1. The molecule has 1 saturated heterocycles. The lowest BCUT2D eigenvalue weighted by Crippen LogP contribution is -2.55. The van der Waals surface area contributed by atoms with Crippen LogP contribution >= 0.6 is 0 Å². The van der Waals surface area contributed by atoms with Crippen LogP contribution in [0.4, 0.5) is 11.4 Å². The van der Waals surface area contributed by atoms with Gasteiger partial charge in [0.05, 0.1) is 33.4 Å². The van der Waals surface area contributed by atoms with E-state index in [1.807, 2.05) is 23.1 Å². The van der Waals surface area contributed by atoms with Crippen molar-refractivity contribution in [2.45, 2.75) is 12.8 Å². The van der Waals surface area contributed by atoms with E-state index in [9.17, 15) is 4.79 Å². The highest BCUT2D eigenvalue weighted by molar-refractivity contribution is 5.96. The average molecular weight is 333 g/mol. The molecule has 0 saturated carbocycles. The topological polar surface area (TPSA) is 67.6 Å². The third kappa shape index (κ3) is 4.06. The lowest BCUT2D eigenvalue weighted by atomic mass is 10.0. The number of nitrogens with one attached hydrogen (secondary N) is 1. The van der Waals surface area contributed by atoms with Gasteiger partial charge in [0.2, 0.25) is 5.91 Å². The Hall–Kier alpha value is -1.63. The minimum absolute atomic E-state index is 0.131. The zero-order valence-electron chi connectivity index (χ0n) is 14.6. The molecule has 1 aromatic carbocycles. The number of benzene rings is 1. The van der Waals surface area contributed by atoms with Gasteiger partial charge in [-0.3, -0.25) is 4.79 Å². The molecule has 0 spiro atoms. The minimum Gasteiger partial charge on any atom is -0.399 e. The monoisotopic (exact) mass is 333 g/mol. The standard InChI is InChI=1S/C18H29N4O2/c1-22(9-11-24-12-10-22)8-6-20-14-18(23)21-7-2-3-15-4-5-16(19)13-17(15)21/h4-5,13,20H,2-3,6-12,14,19H2,1H3/q+1. The van der Waals surface area contributed by atoms with Gasteiger partial charge >= 0.3 is 0 Å². The van der Waals surface area contributed by atoms with Gasteiger partial charge in [-0.1, -0.05) is 6.07 Å². The lowest BCUT2D eigenvalue weighted by Gasteiger charge is -2.37. The number of carbonyl (C=O) groups is 1. The van der Waals surface area contributed by atoms with Crippen LogP contribution in [0.25, 0.3) is 0 Å². The van der Waals surface area contributed by atoms with Crippen molar-refractivity contribution in [3.63, 3.8) is 0 Å². The van der Waals surface area contributed by atoms with E-state index in [-0.39, 0.29) is 5.91 Å². The van der Waals surface area contributed by atoms with Crippen LogP contribution < -0.4 is 16.0 Å². The Labute approximate surface area is 144 Å². The highest BCUT2D eigenvalue weighted by Gasteiger charge is 2.25. The molecule has 0 radical (unpaired) electrons. The van der Waals surface area contributed by atoms with Crippen molar-refractivity contribution in [3.05, 3.63) is 23.8 Å². The molecule has 6 nitrogen and oxygen atoms in total. The first-order chi connectivity index (χ1) is 11.6. The number of morpholine rings is 1. The van der Waals surface area contributed by atoms with E-state index in [0.717, 1.165) is 68.9 Å². The van der Waals surface area contributed by atoms with Crippen LogP contribution in [0.15, 0.2) is 18.2 Å². The molecule has 1 amide bonds. The number of nitrogen functional groups attached to an aromatic ring is 1. The summed E-state index contributed by atoms with van der Waals surface area (Å²) in [5, 5.41) is 3.32. The van der Waals surface area contributed by atoms with Crippen molar-refractivity contribution in [3.8, 4) is 0 Å². The Morgan fingerprint density at radius 3 is 2.96 bits per heavy atom. The molecule has 0 atom stereocenters. The quantitative estimate of drug-likeness (QED) is 0.471. The Morgan fingerprint density at radius 1 is 1.38 bits per heavy atom. The summed E-state index contributed by atoms with van der Waals surface area (Å²) in [5.74, 6) is 0.131. The summed E-state index contributed by atoms with van der Waals surface area (Å²) in [6, 6.07) is 5.88. The van der Waals surface area contributed by atoms with Crippen LogP contribution in [0.2, 0.25) is 0 Å². The normalized spacial score (nSPS) is 19.8. The molecule has 24 heavy (non-hydrogen) atoms. The van der Waals surface area contributed by atoms with Crippen LogP contribution in [0.3, 0.4) is 0 Å². The summed E-state index contributed by atoms with van der Waals surface area (Å²) < 4.78 is 6.44. The highest BCUT2D eigenvalue weighted by Crippen LogP contribution is 2.29. The molecule has 6 heteroatoms. The fourth-order valence-corrected chi connectivity index (χ4v) is 3.50. The number of anilines is 2. The van der Waals surface area contributed by atoms with E-state index in [1.165, 1.54) is 5.56 Å². The summed E-state index contributed by atoms with van der Waals surface area (Å²) in [6.07, 6.45) is 2.03. The van der Waals surface area contributed by atoms with Crippen molar-refractivity contribution < 1.29 is 14.0 Å². The second kappa shape index (κ2) is 7.51. The zero-order valence-corrected chi connectivity index (χ0v) is 14.6. The molecule has 0 bridgehead atoms. The molecule has 0 unspecified atom stereocenters. The van der Waals surface area contributed by atoms with E-state index in [0.29, 0.717) is 12.2 Å². The second-order valence-corrected chi connectivity index (χ2v) is 7.12. The summed E-state index contributed by atoms with van der Waals surface area (Å²) in [5.41, 5.74) is 8.82. The number of amides is 1. The Morgan fingerprint density at radius 2 is 2.17 bits per heavy atom. The molecule has 2 aliphatic rings. The first-order valence-corrected chi connectivity index (χ1v) is 8.88. The maximum atomic E-state index is 12.6. The molecule has 0 aliphatic carbocycles. The van der Waals surface area contributed by atoms with Gasteiger partial charge in [0, 0.05) is 24.5 Å². The van der Waals surface area contributed by atoms with Gasteiger partial charge in [-0.15, -0.1) is 0 Å². The predicted molar refractivity (Wildman–Crippen MR) is 96.0 cm³/mol. The molecular formula is C18H29N4O2+. The van der Waals surface area contributed by atoms with E-state index < -0.39 is 0 Å². The fraction of sp³-hybridized carbons (Fsp3) is 0.611. The fourth-order valence-electron chi connectivity index (χ4n) is 3.50. The SMILES string of the molecule is C[N+]1(CCNCC(=O)N2CCCc3ccc(N)cc32)CCOCC1. The molecule has 3 rings (SSSR count). The van der Waals surface area contributed by atoms with Crippen molar-refractivity contribution in [1.82, 2.24) is 5.32 Å². The predicted octanol–water partition coefficient (Wildman–Crippen LogP) is 0.614. The molecule has 1 fully saturated rings. The first kappa shape index (κ1) is 17.2. The summed E-state index contributed by atoms with van der Waals surface area (Å²) in [6.45, 7) is 6.80. The molecular weight excluding hydrogens is 304 g/mol. The van der Waals surface area contributed by atoms with Gasteiger partial charge in [0.25, 0.3) is 0 Å². The van der Waals surface area contributed by atoms with Crippen LogP contribution in [-0.4, -0.2) is 69.9 Å². The number of hydrogen-bond donors (Lipinski definition) is 2. The van der Waals surface area contributed by atoms with E-state index in [4.69, 9.17) is 10.5 Å². The molecule has 0 aromatic heterocycles. The van der Waals surface area contributed by atoms with Gasteiger partial charge in [-0.2, -0.15) is 0 Å². The zero-order chi connectivity index (χ0) is 17.0. The summed E-state index contributed by atoms with van der Waals surface area (Å²) in [4.78, 5) is 14.5. The van der Waals surface area contributed by atoms with Crippen LogP contribution in [0.5, 0.6) is 0 Å². The van der Waals surface area contributed by atoms with E-state index in [1.54, 1.807) is 0 Å². The van der Waals surface area contributed by atoms with Gasteiger partial charge < -0.3 is 25.2 Å². The minimum atomic E-state index is 0.131. The Balaban J connectivity index is 1.50. The molecule has 3 N–H and O–H groups in total. The van der Waals surface area contributed by atoms with Crippen molar-refractivity contribution in [2.75, 3.05) is 70.2 Å². The number of nitrogens with two attached hydrogens (primary N) is 1. The third-order valence-electron chi connectivity index (χ3n) is 5.18. The number of rotatable bonds is 5. The average Bonchev–Trinajstić information content (AvgIpc) is 2.58. The van der Waals surface area contributed by atoms with Crippen LogP contribution in [0.1, 0.15) is 12.0 Å². The second-order valence-electron chi connectivity index (χ2n) is 7.12. The maximum Gasteiger partial charge on any atom is 0.240 e. The number of carbonyl (C=O) groups excluding carboxylic acids is 1. The number of ether oxygens (including phenoxy) is 1. The Kier molecular flexibility index (Phi) is 5.38. The van der Waals surface area contributed by atoms with E-state index in [2.05, 4.69) is 12.4 Å². The molecule has 132 valence electrons. The number of nitrogens with zero attached hydrogens (tertiary/aromatic N) is 2. The third-order valence-corrected chi connectivity index (χ3v) is 5.18. The van der Waals surface area contributed by atoms with Crippen molar-refractivity contribution in [1.29, 1.82) is 0 Å². The van der Waals surface area contributed by atoms with Crippen LogP contribution in [-0.2, 0) is 16.0 Å². The maximum absolute atomic E-state index is 12.6. The highest BCUT2D eigenvalue weighted by atomic mass is 16.5. The summed E-state index contributed by atoms with van der Waals surface area (Å²) in [7, 11) is 2.26. The van der Waals surface area contributed by atoms with Gasteiger partial charge in [-0.05, 0) is 30.5 Å². The van der Waals surface area contributed by atoms with E-state index >= 15 is 0 Å².